The summed E-state index contributed by atoms with van der Waals surface area (Å²) in [5.74, 6) is -1.11. The number of nitrogens with zero attached hydrogens (tertiary/aromatic N) is 2. The summed E-state index contributed by atoms with van der Waals surface area (Å²) < 4.78 is 38.4. The van der Waals surface area contributed by atoms with Crippen LogP contribution in [0.5, 0.6) is 5.75 Å². The summed E-state index contributed by atoms with van der Waals surface area (Å²) in [6, 6.07) is 16.6. The Kier molecular flexibility index (Phi) is 5.62. The molecule has 0 aromatic heterocycles. The van der Waals surface area contributed by atoms with Crippen LogP contribution in [0.25, 0.3) is 0 Å². The van der Waals surface area contributed by atoms with Gasteiger partial charge < -0.3 is 19.5 Å². The van der Waals surface area contributed by atoms with Gasteiger partial charge in [0.15, 0.2) is 6.10 Å². The zero-order valence-electron chi connectivity index (χ0n) is 17.8. The average Bonchev–Trinajstić information content (AvgIpc) is 3.18. The first-order chi connectivity index (χ1) is 16.4. The second-order valence-corrected chi connectivity index (χ2v) is 8.06. The first-order valence-electron chi connectivity index (χ1n) is 10.6. The molecule has 34 heavy (non-hydrogen) atoms. The molecule has 2 amide bonds. The van der Waals surface area contributed by atoms with Crippen LogP contribution < -0.4 is 9.80 Å². The number of anilines is 2. The van der Waals surface area contributed by atoms with E-state index in [4.69, 9.17) is 9.47 Å². The highest BCUT2D eigenvalue weighted by Gasteiger charge is 2.49. The van der Waals surface area contributed by atoms with Gasteiger partial charge in [0, 0.05) is 11.4 Å². The Bertz CT molecular complexity index is 1200. The summed E-state index contributed by atoms with van der Waals surface area (Å²) in [4.78, 5) is 28.4. The van der Waals surface area contributed by atoms with Gasteiger partial charge in [0.25, 0.3) is 5.91 Å². The van der Waals surface area contributed by atoms with Gasteiger partial charge in [-0.05, 0) is 66.2 Å². The Morgan fingerprint density at radius 1 is 0.824 bits per heavy atom. The Morgan fingerprint density at radius 2 is 1.41 bits per heavy atom. The molecular weight excluding hydrogens is 446 g/mol. The van der Waals surface area contributed by atoms with Gasteiger partial charge >= 0.3 is 6.09 Å². The van der Waals surface area contributed by atoms with Crippen LogP contribution in [0.15, 0.2) is 72.8 Å². The third-order valence-electron chi connectivity index (χ3n) is 5.95. The minimum Gasteiger partial charge on any atom is -0.508 e. The van der Waals surface area contributed by atoms with Crippen LogP contribution in [0, 0.1) is 11.6 Å². The standard InChI is InChI=1S/C25H20F2N2O5/c26-16-3-7-18(8-4-16)28-13-21(33-14-22(28)31)24-23(15-1-11-20(30)12-2-15)29(25(32)34-24)19-9-5-17(27)6-10-19/h1-12,21,23-24,30H,13-14H2/t21?,23-,24-/m1/s1. The van der Waals surface area contributed by atoms with Crippen molar-refractivity contribution in [2.24, 2.45) is 0 Å². The fourth-order valence-corrected chi connectivity index (χ4v) is 4.32. The van der Waals surface area contributed by atoms with Crippen LogP contribution >= 0.6 is 0 Å². The van der Waals surface area contributed by atoms with E-state index in [2.05, 4.69) is 0 Å². The van der Waals surface area contributed by atoms with Crippen molar-refractivity contribution in [3.63, 3.8) is 0 Å². The lowest BCUT2D eigenvalue weighted by atomic mass is 9.95. The molecule has 9 heteroatoms. The molecule has 5 rings (SSSR count). The molecule has 3 atom stereocenters. The molecular formula is C25H20F2N2O5. The summed E-state index contributed by atoms with van der Waals surface area (Å²) in [6.45, 7) is -0.163. The van der Waals surface area contributed by atoms with Gasteiger partial charge in [0.1, 0.15) is 36.1 Å². The Balaban J connectivity index is 1.50. The van der Waals surface area contributed by atoms with Gasteiger partial charge in [0.05, 0.1) is 6.54 Å². The zero-order chi connectivity index (χ0) is 23.8. The van der Waals surface area contributed by atoms with Crippen molar-refractivity contribution in [3.05, 3.63) is 90.0 Å². The van der Waals surface area contributed by atoms with Gasteiger partial charge in [-0.25, -0.2) is 13.6 Å². The molecule has 0 spiro atoms. The number of hydrogen-bond donors (Lipinski definition) is 1. The molecule has 1 unspecified atom stereocenters. The van der Waals surface area contributed by atoms with E-state index in [1.807, 2.05) is 0 Å². The molecule has 2 fully saturated rings. The minimum atomic E-state index is -0.821. The van der Waals surface area contributed by atoms with E-state index < -0.39 is 36.0 Å². The number of carbonyl (C=O) groups excluding carboxylic acids is 2. The van der Waals surface area contributed by atoms with E-state index in [1.165, 1.54) is 70.5 Å². The van der Waals surface area contributed by atoms with E-state index >= 15 is 0 Å². The lowest BCUT2D eigenvalue weighted by Crippen LogP contribution is -2.52. The van der Waals surface area contributed by atoms with Gasteiger partial charge in [0.2, 0.25) is 0 Å². The van der Waals surface area contributed by atoms with Crippen molar-refractivity contribution in [1.82, 2.24) is 0 Å². The molecule has 0 bridgehead atoms. The number of halogens is 2. The van der Waals surface area contributed by atoms with E-state index in [1.54, 1.807) is 12.1 Å². The van der Waals surface area contributed by atoms with Gasteiger partial charge in [-0.2, -0.15) is 0 Å². The number of morpholine rings is 1. The first kappa shape index (κ1) is 21.8. The summed E-state index contributed by atoms with van der Waals surface area (Å²) in [6.07, 6.45) is -2.17. The molecule has 0 radical (unpaired) electrons. The Morgan fingerprint density at radius 3 is 2.03 bits per heavy atom. The molecule has 2 aliphatic rings. The average molecular weight is 466 g/mol. The number of ether oxygens (including phenoxy) is 2. The maximum atomic E-state index is 13.5. The quantitative estimate of drug-likeness (QED) is 0.625. The molecule has 2 aliphatic heterocycles. The normalized spacial score (nSPS) is 22.7. The van der Waals surface area contributed by atoms with Crippen LogP contribution in [-0.4, -0.2) is 42.5 Å². The highest BCUT2D eigenvalue weighted by atomic mass is 19.1. The minimum absolute atomic E-state index is 0.0564. The van der Waals surface area contributed by atoms with E-state index in [0.29, 0.717) is 16.9 Å². The highest BCUT2D eigenvalue weighted by molar-refractivity contribution is 5.95. The smallest absolute Gasteiger partial charge is 0.415 e. The maximum absolute atomic E-state index is 13.5. The number of hydrogen-bond acceptors (Lipinski definition) is 5. The van der Waals surface area contributed by atoms with Crippen molar-refractivity contribution in [1.29, 1.82) is 0 Å². The van der Waals surface area contributed by atoms with Gasteiger partial charge in [-0.3, -0.25) is 9.69 Å². The highest BCUT2D eigenvalue weighted by Crippen LogP contribution is 2.40. The number of rotatable bonds is 4. The zero-order valence-corrected chi connectivity index (χ0v) is 17.8. The van der Waals surface area contributed by atoms with Crippen LogP contribution in [0.2, 0.25) is 0 Å². The summed E-state index contributed by atoms with van der Waals surface area (Å²) in [5, 5.41) is 9.74. The number of phenolic OH excluding ortho intramolecular Hbond substituents is 1. The second-order valence-electron chi connectivity index (χ2n) is 8.06. The molecule has 3 aromatic carbocycles. The van der Waals surface area contributed by atoms with Crippen LogP contribution in [0.1, 0.15) is 11.6 Å². The lowest BCUT2D eigenvalue weighted by molar-refractivity contribution is -0.133. The molecule has 7 nitrogen and oxygen atoms in total. The first-order valence-corrected chi connectivity index (χ1v) is 10.6. The molecule has 2 saturated heterocycles. The number of carbonyl (C=O) groups is 2. The van der Waals surface area contributed by atoms with Crippen molar-refractivity contribution >= 4 is 23.4 Å². The van der Waals surface area contributed by atoms with E-state index in [0.717, 1.165) is 0 Å². The van der Waals surface area contributed by atoms with Crippen molar-refractivity contribution in [2.45, 2.75) is 18.2 Å². The van der Waals surface area contributed by atoms with E-state index in [9.17, 15) is 23.5 Å². The number of phenols is 1. The van der Waals surface area contributed by atoms with Crippen LogP contribution in [0.3, 0.4) is 0 Å². The molecule has 2 heterocycles. The van der Waals surface area contributed by atoms with Crippen molar-refractivity contribution in [2.75, 3.05) is 23.0 Å². The maximum Gasteiger partial charge on any atom is 0.415 e. The topological polar surface area (TPSA) is 79.3 Å². The van der Waals surface area contributed by atoms with Crippen molar-refractivity contribution in [3.8, 4) is 5.75 Å². The number of amides is 2. The summed E-state index contributed by atoms with van der Waals surface area (Å²) >= 11 is 0. The number of benzene rings is 3. The predicted octanol–water partition coefficient (Wildman–Crippen LogP) is 4.17. The SMILES string of the molecule is O=C1COC([C@H]2OC(=O)N(c3ccc(F)cc3)[C@@H]2c2ccc(O)cc2)CN1c1ccc(F)cc1. The number of cyclic esters (lactones) is 1. The predicted molar refractivity (Wildman–Crippen MR) is 118 cm³/mol. The molecule has 1 N–H and O–H groups in total. The van der Waals surface area contributed by atoms with Gasteiger partial charge in [-0.15, -0.1) is 0 Å². The molecule has 174 valence electrons. The third kappa shape index (κ3) is 4.06. The van der Waals surface area contributed by atoms with Crippen LogP contribution in [0.4, 0.5) is 25.0 Å². The number of aromatic hydroxyl groups is 1. The monoisotopic (exact) mass is 466 g/mol. The summed E-state index contributed by atoms with van der Waals surface area (Å²) in [5.41, 5.74) is 1.58. The molecule has 0 saturated carbocycles. The Labute approximate surface area is 193 Å². The fraction of sp³-hybridized carbons (Fsp3) is 0.200. The Hall–Kier alpha value is -3.98. The fourth-order valence-electron chi connectivity index (χ4n) is 4.32. The molecule has 0 aliphatic carbocycles. The van der Waals surface area contributed by atoms with Crippen molar-refractivity contribution < 1.29 is 33.0 Å². The molecule has 3 aromatic rings. The van der Waals surface area contributed by atoms with Crippen LogP contribution in [-0.2, 0) is 14.3 Å². The largest absolute Gasteiger partial charge is 0.508 e. The summed E-state index contributed by atoms with van der Waals surface area (Å²) in [7, 11) is 0. The second kappa shape index (κ2) is 8.75. The van der Waals surface area contributed by atoms with Gasteiger partial charge in [-0.1, -0.05) is 12.1 Å². The lowest BCUT2D eigenvalue weighted by Gasteiger charge is -2.36. The van der Waals surface area contributed by atoms with E-state index in [-0.39, 0.29) is 24.8 Å². The third-order valence-corrected chi connectivity index (χ3v) is 5.95.